The van der Waals surface area contributed by atoms with E-state index in [0.29, 0.717) is 25.6 Å². The number of hydrogen-bond donors (Lipinski definition) is 1. The Bertz CT molecular complexity index is 650. The number of hydrogen-bond acceptors (Lipinski definition) is 3. The van der Waals surface area contributed by atoms with Crippen LogP contribution in [0, 0.1) is 0 Å². The zero-order valence-electron chi connectivity index (χ0n) is 14.7. The Morgan fingerprint density at radius 2 is 2.16 bits per heavy atom. The van der Waals surface area contributed by atoms with Crippen LogP contribution in [0.25, 0.3) is 6.08 Å². The Kier molecular flexibility index (Phi) is 5.74. The fourth-order valence-corrected chi connectivity index (χ4v) is 3.54. The normalized spacial score (nSPS) is 21.6. The Morgan fingerprint density at radius 1 is 1.36 bits per heavy atom. The van der Waals surface area contributed by atoms with E-state index in [9.17, 15) is 9.59 Å². The molecule has 1 aliphatic heterocycles. The van der Waals surface area contributed by atoms with E-state index in [-0.39, 0.29) is 17.9 Å². The van der Waals surface area contributed by atoms with Crippen LogP contribution in [-0.4, -0.2) is 41.9 Å². The molecule has 3 rings (SSSR count). The van der Waals surface area contributed by atoms with Crippen molar-refractivity contribution >= 4 is 17.9 Å². The highest BCUT2D eigenvalue weighted by atomic mass is 16.5. The van der Waals surface area contributed by atoms with Crippen LogP contribution in [0.2, 0.25) is 0 Å². The molecule has 1 aliphatic carbocycles. The SMILES string of the molecule is CCC1C(=O)NCCN1C(=O)C=Cc1cccc(OC2CCCC2)c1. The van der Waals surface area contributed by atoms with Gasteiger partial charge < -0.3 is 15.0 Å². The van der Waals surface area contributed by atoms with Crippen LogP contribution in [0.1, 0.15) is 44.6 Å². The maximum Gasteiger partial charge on any atom is 0.247 e. The molecule has 25 heavy (non-hydrogen) atoms. The number of ether oxygens (including phenoxy) is 1. The molecule has 5 nitrogen and oxygen atoms in total. The Balaban J connectivity index is 1.64. The van der Waals surface area contributed by atoms with E-state index in [0.717, 1.165) is 24.2 Å². The minimum absolute atomic E-state index is 0.0672. The highest BCUT2D eigenvalue weighted by Crippen LogP contribution is 2.25. The lowest BCUT2D eigenvalue weighted by Crippen LogP contribution is -2.56. The van der Waals surface area contributed by atoms with Gasteiger partial charge in [0.05, 0.1) is 6.10 Å². The largest absolute Gasteiger partial charge is 0.490 e. The standard InChI is InChI=1S/C20H26N2O3/c1-2-18-20(24)21-12-13-22(18)19(23)11-10-15-6-5-9-17(14-15)25-16-7-3-4-8-16/h5-6,9-11,14,16,18H,2-4,7-8,12-13H2,1H3,(H,21,24). The molecule has 0 aromatic heterocycles. The first-order valence-electron chi connectivity index (χ1n) is 9.20. The van der Waals surface area contributed by atoms with Crippen LogP contribution in [0.3, 0.4) is 0 Å². The third-order valence-electron chi connectivity index (χ3n) is 4.88. The summed E-state index contributed by atoms with van der Waals surface area (Å²) in [6.45, 7) is 2.99. The summed E-state index contributed by atoms with van der Waals surface area (Å²) in [5.74, 6) is 0.663. The van der Waals surface area contributed by atoms with Crippen molar-refractivity contribution in [3.05, 3.63) is 35.9 Å². The third kappa shape index (κ3) is 4.41. The molecule has 134 valence electrons. The number of rotatable bonds is 5. The summed E-state index contributed by atoms with van der Waals surface area (Å²) >= 11 is 0. The van der Waals surface area contributed by atoms with Crippen molar-refractivity contribution in [2.75, 3.05) is 13.1 Å². The van der Waals surface area contributed by atoms with Gasteiger partial charge in [-0.3, -0.25) is 9.59 Å². The van der Waals surface area contributed by atoms with Gasteiger partial charge in [0.2, 0.25) is 11.8 Å². The van der Waals surface area contributed by atoms with Crippen molar-refractivity contribution in [3.63, 3.8) is 0 Å². The minimum Gasteiger partial charge on any atom is -0.490 e. The van der Waals surface area contributed by atoms with Crippen LogP contribution in [0.4, 0.5) is 0 Å². The van der Waals surface area contributed by atoms with Gasteiger partial charge in [-0.1, -0.05) is 19.1 Å². The number of piperazine rings is 1. The van der Waals surface area contributed by atoms with E-state index in [4.69, 9.17) is 4.74 Å². The monoisotopic (exact) mass is 342 g/mol. The fraction of sp³-hybridized carbons (Fsp3) is 0.500. The van der Waals surface area contributed by atoms with Gasteiger partial charge in [0, 0.05) is 19.2 Å². The molecule has 2 amide bonds. The van der Waals surface area contributed by atoms with E-state index in [1.807, 2.05) is 31.2 Å². The van der Waals surface area contributed by atoms with Crippen LogP contribution >= 0.6 is 0 Å². The quantitative estimate of drug-likeness (QED) is 0.837. The highest BCUT2D eigenvalue weighted by Gasteiger charge is 2.30. The number of benzene rings is 1. The Morgan fingerprint density at radius 3 is 2.92 bits per heavy atom. The van der Waals surface area contributed by atoms with E-state index < -0.39 is 0 Å². The molecule has 1 heterocycles. The summed E-state index contributed by atoms with van der Waals surface area (Å²) in [7, 11) is 0. The molecule has 0 spiro atoms. The van der Waals surface area contributed by atoms with Gasteiger partial charge in [0.15, 0.2) is 0 Å². The number of amides is 2. The van der Waals surface area contributed by atoms with E-state index in [1.54, 1.807) is 17.1 Å². The zero-order chi connectivity index (χ0) is 17.6. The van der Waals surface area contributed by atoms with Crippen LogP contribution in [-0.2, 0) is 9.59 Å². The van der Waals surface area contributed by atoms with Crippen molar-refractivity contribution < 1.29 is 14.3 Å². The fourth-order valence-electron chi connectivity index (χ4n) is 3.54. The molecule has 1 saturated heterocycles. The van der Waals surface area contributed by atoms with Crippen LogP contribution in [0.15, 0.2) is 30.3 Å². The number of nitrogens with zero attached hydrogens (tertiary/aromatic N) is 1. The second-order valence-corrected chi connectivity index (χ2v) is 6.68. The number of carbonyl (C=O) groups excluding carboxylic acids is 2. The first-order chi connectivity index (χ1) is 12.2. The summed E-state index contributed by atoms with van der Waals surface area (Å²) in [6.07, 6.45) is 9.00. The van der Waals surface area contributed by atoms with Gasteiger partial charge in [0.25, 0.3) is 0 Å². The molecule has 1 N–H and O–H groups in total. The summed E-state index contributed by atoms with van der Waals surface area (Å²) in [6, 6.07) is 7.44. The third-order valence-corrected chi connectivity index (χ3v) is 4.88. The van der Waals surface area contributed by atoms with Crippen LogP contribution in [0.5, 0.6) is 5.75 Å². The molecular weight excluding hydrogens is 316 g/mol. The van der Waals surface area contributed by atoms with Gasteiger partial charge in [-0.25, -0.2) is 0 Å². The lowest BCUT2D eigenvalue weighted by atomic mass is 10.1. The average Bonchev–Trinajstić information content (AvgIpc) is 3.13. The van der Waals surface area contributed by atoms with Crippen LogP contribution < -0.4 is 10.1 Å². The van der Waals surface area contributed by atoms with Crippen molar-refractivity contribution in [2.45, 2.75) is 51.2 Å². The topological polar surface area (TPSA) is 58.6 Å². The molecule has 0 bridgehead atoms. The van der Waals surface area contributed by atoms with Crippen molar-refractivity contribution in [3.8, 4) is 5.75 Å². The van der Waals surface area contributed by atoms with Crippen molar-refractivity contribution in [1.29, 1.82) is 0 Å². The van der Waals surface area contributed by atoms with Gasteiger partial charge in [-0.05, 0) is 55.9 Å². The molecule has 1 aromatic carbocycles. The van der Waals surface area contributed by atoms with Crippen molar-refractivity contribution in [1.82, 2.24) is 10.2 Å². The zero-order valence-corrected chi connectivity index (χ0v) is 14.7. The summed E-state index contributed by atoms with van der Waals surface area (Å²) in [5, 5.41) is 2.81. The summed E-state index contributed by atoms with van der Waals surface area (Å²) in [4.78, 5) is 26.0. The lowest BCUT2D eigenvalue weighted by molar-refractivity contribution is -0.140. The minimum atomic E-state index is -0.372. The smallest absolute Gasteiger partial charge is 0.247 e. The number of nitrogens with one attached hydrogen (secondary N) is 1. The van der Waals surface area contributed by atoms with Gasteiger partial charge in [-0.15, -0.1) is 0 Å². The second-order valence-electron chi connectivity index (χ2n) is 6.68. The molecule has 5 heteroatoms. The molecule has 1 atom stereocenters. The Hall–Kier alpha value is -2.30. The summed E-state index contributed by atoms with van der Waals surface area (Å²) < 4.78 is 6.01. The maximum atomic E-state index is 12.5. The highest BCUT2D eigenvalue weighted by molar-refractivity contribution is 5.96. The van der Waals surface area contributed by atoms with Gasteiger partial charge >= 0.3 is 0 Å². The average molecular weight is 342 g/mol. The van der Waals surface area contributed by atoms with Gasteiger partial charge in [-0.2, -0.15) is 0 Å². The first-order valence-corrected chi connectivity index (χ1v) is 9.20. The maximum absolute atomic E-state index is 12.5. The molecule has 1 saturated carbocycles. The molecule has 0 radical (unpaired) electrons. The van der Waals surface area contributed by atoms with E-state index >= 15 is 0 Å². The predicted octanol–water partition coefficient (Wildman–Crippen LogP) is 2.76. The molecule has 1 unspecified atom stereocenters. The molecule has 2 fully saturated rings. The van der Waals surface area contributed by atoms with Gasteiger partial charge in [0.1, 0.15) is 11.8 Å². The molecule has 1 aromatic rings. The first kappa shape index (κ1) is 17.5. The predicted molar refractivity (Wildman–Crippen MR) is 97.2 cm³/mol. The number of carbonyl (C=O) groups is 2. The van der Waals surface area contributed by atoms with Crippen molar-refractivity contribution in [2.24, 2.45) is 0 Å². The van der Waals surface area contributed by atoms with E-state index in [2.05, 4.69) is 5.32 Å². The summed E-state index contributed by atoms with van der Waals surface area (Å²) in [5.41, 5.74) is 0.929. The Labute approximate surface area is 149 Å². The molecular formula is C20H26N2O3. The van der Waals surface area contributed by atoms with E-state index in [1.165, 1.54) is 12.8 Å². The molecule has 2 aliphatic rings. The second kappa shape index (κ2) is 8.19. The lowest BCUT2D eigenvalue weighted by Gasteiger charge is -2.33.